The van der Waals surface area contributed by atoms with E-state index in [0.29, 0.717) is 6.54 Å². The topological polar surface area (TPSA) is 58.5 Å². The van der Waals surface area contributed by atoms with Gasteiger partial charge in [-0.2, -0.15) is 0 Å². The van der Waals surface area contributed by atoms with Gasteiger partial charge >= 0.3 is 0 Å². The Kier molecular flexibility index (Phi) is 9.82. The van der Waals surface area contributed by atoms with Crippen LogP contribution >= 0.6 is 11.3 Å². The van der Waals surface area contributed by atoms with Crippen LogP contribution in [0.5, 0.6) is 0 Å². The number of aryl methyl sites for hydroxylation is 1. The number of thiazole rings is 1. The molecule has 0 aliphatic carbocycles. The molecule has 1 aromatic heterocycles. The molecule has 1 rings (SSSR count). The second kappa shape index (κ2) is 11.5. The van der Waals surface area contributed by atoms with Crippen molar-refractivity contribution in [1.82, 2.24) is 15.6 Å². The van der Waals surface area contributed by atoms with E-state index in [-0.39, 0.29) is 0 Å². The zero-order valence-electron chi connectivity index (χ0n) is 13.4. The summed E-state index contributed by atoms with van der Waals surface area (Å²) in [6.07, 6.45) is 3.15. The van der Waals surface area contributed by atoms with E-state index >= 15 is 0 Å². The number of aliphatic imine (C=N–C) groups is 1. The van der Waals surface area contributed by atoms with Gasteiger partial charge < -0.3 is 15.4 Å². The number of ether oxygens (including phenoxy) is 1. The van der Waals surface area contributed by atoms with Crippen LogP contribution < -0.4 is 10.6 Å². The minimum absolute atomic E-state index is 0.630. The van der Waals surface area contributed by atoms with Gasteiger partial charge in [0, 0.05) is 31.7 Å². The molecule has 21 heavy (non-hydrogen) atoms. The summed E-state index contributed by atoms with van der Waals surface area (Å²) in [6.45, 7) is 10.3. The number of nitrogens with one attached hydrogen (secondary N) is 2. The number of rotatable bonds is 10. The van der Waals surface area contributed by atoms with Crippen LogP contribution in [-0.4, -0.2) is 37.2 Å². The zero-order chi connectivity index (χ0) is 15.3. The molecule has 0 aromatic carbocycles. The van der Waals surface area contributed by atoms with Gasteiger partial charge in [0.05, 0.1) is 17.2 Å². The number of nitrogens with zero attached hydrogens (tertiary/aromatic N) is 2. The maximum Gasteiger partial charge on any atom is 0.191 e. The minimum atomic E-state index is 0.630. The predicted molar refractivity (Wildman–Crippen MR) is 90.0 cm³/mol. The van der Waals surface area contributed by atoms with Gasteiger partial charge in [0.2, 0.25) is 0 Å². The van der Waals surface area contributed by atoms with E-state index in [4.69, 9.17) is 4.74 Å². The van der Waals surface area contributed by atoms with Gasteiger partial charge in [0.15, 0.2) is 5.96 Å². The lowest BCUT2D eigenvalue weighted by Gasteiger charge is -2.10. The Morgan fingerprint density at radius 1 is 1.29 bits per heavy atom. The first-order chi connectivity index (χ1) is 10.3. The number of unbranched alkanes of at least 4 members (excludes halogenated alkanes) is 1. The van der Waals surface area contributed by atoms with Crippen molar-refractivity contribution in [3.05, 3.63) is 16.1 Å². The Morgan fingerprint density at radius 2 is 2.14 bits per heavy atom. The van der Waals surface area contributed by atoms with Crippen molar-refractivity contribution < 1.29 is 4.74 Å². The first-order valence-electron chi connectivity index (χ1n) is 7.83. The average molecular weight is 312 g/mol. The van der Waals surface area contributed by atoms with Crippen LogP contribution in [0.1, 0.15) is 44.3 Å². The second-order valence-electron chi connectivity index (χ2n) is 4.61. The van der Waals surface area contributed by atoms with E-state index in [2.05, 4.69) is 39.8 Å². The standard InChI is InChI=1S/C15H28N4OS/c1-4-14-19-13(12-21-14)11-18-15(16-5-2)17-9-7-8-10-20-6-3/h12H,4-11H2,1-3H3,(H2,16,17,18). The van der Waals surface area contributed by atoms with Crippen LogP contribution in [0, 0.1) is 0 Å². The highest BCUT2D eigenvalue weighted by Crippen LogP contribution is 2.10. The Morgan fingerprint density at radius 3 is 2.81 bits per heavy atom. The molecule has 120 valence electrons. The number of aromatic nitrogens is 1. The number of hydrogen-bond donors (Lipinski definition) is 2. The Balaban J connectivity index is 2.31. The molecule has 2 N–H and O–H groups in total. The summed E-state index contributed by atoms with van der Waals surface area (Å²) in [5.41, 5.74) is 1.05. The van der Waals surface area contributed by atoms with Crippen LogP contribution in [0.25, 0.3) is 0 Å². The lowest BCUT2D eigenvalue weighted by atomic mass is 10.3. The monoisotopic (exact) mass is 312 g/mol. The van der Waals surface area contributed by atoms with Gasteiger partial charge in [0.1, 0.15) is 0 Å². The van der Waals surface area contributed by atoms with Gasteiger partial charge in [-0.1, -0.05) is 6.92 Å². The molecular weight excluding hydrogens is 284 g/mol. The average Bonchev–Trinajstić information content (AvgIpc) is 2.96. The van der Waals surface area contributed by atoms with E-state index in [1.807, 2.05) is 6.92 Å². The third kappa shape index (κ3) is 8.02. The van der Waals surface area contributed by atoms with E-state index in [0.717, 1.165) is 57.2 Å². The second-order valence-corrected chi connectivity index (χ2v) is 5.55. The highest BCUT2D eigenvalue weighted by atomic mass is 32.1. The van der Waals surface area contributed by atoms with Crippen molar-refractivity contribution in [2.24, 2.45) is 4.99 Å². The van der Waals surface area contributed by atoms with Crippen molar-refractivity contribution in [3.8, 4) is 0 Å². The van der Waals surface area contributed by atoms with Gasteiger partial charge in [-0.3, -0.25) is 0 Å². The van der Waals surface area contributed by atoms with Crippen molar-refractivity contribution in [2.45, 2.75) is 46.6 Å². The fourth-order valence-corrected chi connectivity index (χ4v) is 2.50. The van der Waals surface area contributed by atoms with E-state index < -0.39 is 0 Å². The fourth-order valence-electron chi connectivity index (χ4n) is 1.77. The normalized spacial score (nSPS) is 11.7. The highest BCUT2D eigenvalue weighted by molar-refractivity contribution is 7.09. The Hall–Kier alpha value is -1.14. The predicted octanol–water partition coefficient (Wildman–Crippen LogP) is 2.58. The van der Waals surface area contributed by atoms with Gasteiger partial charge in [-0.05, 0) is 33.1 Å². The van der Waals surface area contributed by atoms with Crippen molar-refractivity contribution in [1.29, 1.82) is 0 Å². The zero-order valence-corrected chi connectivity index (χ0v) is 14.3. The summed E-state index contributed by atoms with van der Waals surface area (Å²) in [6, 6.07) is 0. The minimum Gasteiger partial charge on any atom is -0.382 e. The van der Waals surface area contributed by atoms with Crippen molar-refractivity contribution in [3.63, 3.8) is 0 Å². The summed E-state index contributed by atoms with van der Waals surface area (Å²) < 4.78 is 5.33. The molecule has 0 radical (unpaired) electrons. The first kappa shape index (κ1) is 17.9. The van der Waals surface area contributed by atoms with Crippen LogP contribution in [0.3, 0.4) is 0 Å². The first-order valence-corrected chi connectivity index (χ1v) is 8.71. The molecule has 0 atom stereocenters. The molecule has 1 aromatic rings. The number of hydrogen-bond acceptors (Lipinski definition) is 4. The van der Waals surface area contributed by atoms with Crippen molar-refractivity contribution in [2.75, 3.05) is 26.3 Å². The van der Waals surface area contributed by atoms with E-state index in [9.17, 15) is 0 Å². The maximum absolute atomic E-state index is 5.33. The Labute approximate surface area is 132 Å². The molecule has 0 saturated heterocycles. The van der Waals surface area contributed by atoms with Crippen LogP contribution in [0.2, 0.25) is 0 Å². The smallest absolute Gasteiger partial charge is 0.191 e. The molecular formula is C15H28N4OS. The maximum atomic E-state index is 5.33. The molecule has 0 unspecified atom stereocenters. The summed E-state index contributed by atoms with van der Waals surface area (Å²) in [5, 5.41) is 9.87. The lowest BCUT2D eigenvalue weighted by molar-refractivity contribution is 0.143. The fraction of sp³-hybridized carbons (Fsp3) is 0.733. The van der Waals surface area contributed by atoms with E-state index in [1.54, 1.807) is 11.3 Å². The lowest BCUT2D eigenvalue weighted by Crippen LogP contribution is -2.37. The summed E-state index contributed by atoms with van der Waals surface area (Å²) in [4.78, 5) is 9.10. The molecule has 1 heterocycles. The number of guanidine groups is 1. The summed E-state index contributed by atoms with van der Waals surface area (Å²) >= 11 is 1.71. The summed E-state index contributed by atoms with van der Waals surface area (Å²) in [7, 11) is 0. The molecule has 0 amide bonds. The molecule has 0 aliphatic heterocycles. The molecule has 5 nitrogen and oxygen atoms in total. The van der Waals surface area contributed by atoms with Crippen LogP contribution in [0.4, 0.5) is 0 Å². The molecule has 0 spiro atoms. The molecule has 0 saturated carbocycles. The SMILES string of the molecule is CCNC(=NCc1csc(CC)n1)NCCCCOCC. The molecule has 0 bridgehead atoms. The van der Waals surface area contributed by atoms with Gasteiger partial charge in [0.25, 0.3) is 0 Å². The molecule has 6 heteroatoms. The third-order valence-electron chi connectivity index (χ3n) is 2.86. The van der Waals surface area contributed by atoms with Crippen LogP contribution in [0.15, 0.2) is 10.4 Å². The van der Waals surface area contributed by atoms with Gasteiger partial charge in [-0.15, -0.1) is 11.3 Å². The largest absolute Gasteiger partial charge is 0.382 e. The highest BCUT2D eigenvalue weighted by Gasteiger charge is 2.01. The summed E-state index contributed by atoms with van der Waals surface area (Å²) in [5.74, 6) is 0.861. The van der Waals surface area contributed by atoms with Crippen LogP contribution in [-0.2, 0) is 17.7 Å². The molecule has 0 aliphatic rings. The quantitative estimate of drug-likeness (QED) is 0.396. The Bertz CT molecular complexity index is 406. The third-order valence-corrected chi connectivity index (χ3v) is 3.90. The van der Waals surface area contributed by atoms with Crippen molar-refractivity contribution >= 4 is 17.3 Å². The van der Waals surface area contributed by atoms with E-state index in [1.165, 1.54) is 5.01 Å². The molecule has 0 fully saturated rings. The van der Waals surface area contributed by atoms with Gasteiger partial charge in [-0.25, -0.2) is 9.98 Å².